The highest BCUT2D eigenvalue weighted by atomic mass is 32.2. The number of benzene rings is 1. The number of hydrogen-bond donors (Lipinski definition) is 0. The summed E-state index contributed by atoms with van der Waals surface area (Å²) < 4.78 is 32.4. The molecule has 2 aromatic rings. The summed E-state index contributed by atoms with van der Waals surface area (Å²) in [6.45, 7) is 5.25. The predicted molar refractivity (Wildman–Crippen MR) is 108 cm³/mol. The van der Waals surface area contributed by atoms with E-state index in [0.29, 0.717) is 39.4 Å². The van der Waals surface area contributed by atoms with Crippen molar-refractivity contribution in [2.45, 2.75) is 5.75 Å². The fraction of sp³-hybridized carbons (Fsp3) is 0.474. The van der Waals surface area contributed by atoms with E-state index in [1.54, 1.807) is 10.5 Å². The van der Waals surface area contributed by atoms with E-state index in [-0.39, 0.29) is 5.75 Å². The van der Waals surface area contributed by atoms with E-state index in [1.807, 2.05) is 36.4 Å². The van der Waals surface area contributed by atoms with Gasteiger partial charge in [-0.15, -0.1) is 5.10 Å². The van der Waals surface area contributed by atoms with Crippen LogP contribution in [0.2, 0.25) is 0 Å². The standard InChI is InChI=1S/C19H25N5O3S/c25-28(26,16-17-4-2-1-3-5-17)24-8-6-22(7-9-24)18-14-19(21-20-15-18)23-10-12-27-13-11-23/h1-5,14-15H,6-13,16H2. The normalized spacial score (nSPS) is 19.0. The maximum atomic E-state index is 12.7. The first-order valence-corrected chi connectivity index (χ1v) is 11.1. The van der Waals surface area contributed by atoms with Crippen LogP contribution in [0.15, 0.2) is 42.6 Å². The van der Waals surface area contributed by atoms with Crippen LogP contribution in [0.1, 0.15) is 5.56 Å². The highest BCUT2D eigenvalue weighted by Crippen LogP contribution is 2.22. The first-order chi connectivity index (χ1) is 13.6. The Balaban J connectivity index is 1.39. The lowest BCUT2D eigenvalue weighted by molar-refractivity contribution is 0.122. The van der Waals surface area contributed by atoms with E-state index in [9.17, 15) is 8.42 Å². The van der Waals surface area contributed by atoms with Crippen molar-refractivity contribution in [2.24, 2.45) is 0 Å². The van der Waals surface area contributed by atoms with Crippen LogP contribution in [0.4, 0.5) is 11.5 Å². The molecule has 1 aromatic heterocycles. The number of sulfonamides is 1. The minimum absolute atomic E-state index is 0.0475. The zero-order valence-corrected chi connectivity index (χ0v) is 16.6. The van der Waals surface area contributed by atoms with Crippen LogP contribution >= 0.6 is 0 Å². The second-order valence-electron chi connectivity index (χ2n) is 7.00. The first-order valence-electron chi connectivity index (χ1n) is 9.54. The van der Waals surface area contributed by atoms with Crippen LogP contribution in [-0.4, -0.2) is 75.4 Å². The summed E-state index contributed by atoms with van der Waals surface area (Å²) in [6.07, 6.45) is 1.75. The van der Waals surface area contributed by atoms with Gasteiger partial charge in [-0.1, -0.05) is 30.3 Å². The van der Waals surface area contributed by atoms with Gasteiger partial charge in [0.1, 0.15) is 0 Å². The molecule has 0 bridgehead atoms. The zero-order chi connectivity index (χ0) is 19.4. The SMILES string of the molecule is O=S(=O)(Cc1ccccc1)N1CCN(c2cnnc(N3CCOCC3)c2)CC1. The number of ether oxygens (including phenoxy) is 1. The summed E-state index contributed by atoms with van der Waals surface area (Å²) >= 11 is 0. The minimum atomic E-state index is -3.31. The van der Waals surface area contributed by atoms with E-state index in [0.717, 1.165) is 30.2 Å². The van der Waals surface area contributed by atoms with Crippen molar-refractivity contribution in [2.75, 3.05) is 62.3 Å². The molecule has 2 aliphatic heterocycles. The van der Waals surface area contributed by atoms with Crippen molar-refractivity contribution in [1.29, 1.82) is 0 Å². The topological polar surface area (TPSA) is 78.9 Å². The van der Waals surface area contributed by atoms with Crippen molar-refractivity contribution < 1.29 is 13.2 Å². The molecule has 0 amide bonds. The van der Waals surface area contributed by atoms with Crippen molar-refractivity contribution in [3.05, 3.63) is 48.2 Å². The Hall–Kier alpha value is -2.23. The van der Waals surface area contributed by atoms with Gasteiger partial charge in [0.15, 0.2) is 5.82 Å². The molecule has 0 radical (unpaired) electrons. The van der Waals surface area contributed by atoms with Crippen LogP contribution < -0.4 is 9.80 Å². The quantitative estimate of drug-likeness (QED) is 0.736. The van der Waals surface area contributed by atoms with Crippen molar-refractivity contribution in [3.63, 3.8) is 0 Å². The Kier molecular flexibility index (Phi) is 5.74. The van der Waals surface area contributed by atoms with Crippen LogP contribution in [0.5, 0.6) is 0 Å². The van der Waals surface area contributed by atoms with Gasteiger partial charge in [0, 0.05) is 45.3 Å². The third-order valence-electron chi connectivity index (χ3n) is 5.15. The molecular weight excluding hydrogens is 378 g/mol. The average Bonchev–Trinajstić information content (AvgIpc) is 2.75. The third-order valence-corrected chi connectivity index (χ3v) is 7.00. The Morgan fingerprint density at radius 3 is 2.36 bits per heavy atom. The number of nitrogens with zero attached hydrogens (tertiary/aromatic N) is 5. The smallest absolute Gasteiger partial charge is 0.218 e. The van der Waals surface area contributed by atoms with Gasteiger partial charge < -0.3 is 14.5 Å². The summed E-state index contributed by atoms with van der Waals surface area (Å²) in [5.41, 5.74) is 1.80. The molecule has 2 fully saturated rings. The predicted octanol–water partition coefficient (Wildman–Crippen LogP) is 0.965. The lowest BCUT2D eigenvalue weighted by Gasteiger charge is -2.35. The van der Waals surface area contributed by atoms with Gasteiger partial charge in [0.05, 0.1) is 30.9 Å². The number of morpholine rings is 1. The van der Waals surface area contributed by atoms with E-state index in [1.165, 1.54) is 0 Å². The van der Waals surface area contributed by atoms with Crippen molar-refractivity contribution in [1.82, 2.24) is 14.5 Å². The van der Waals surface area contributed by atoms with Gasteiger partial charge in [-0.2, -0.15) is 9.40 Å². The molecule has 0 atom stereocenters. The maximum Gasteiger partial charge on any atom is 0.218 e. The van der Waals surface area contributed by atoms with Crippen LogP contribution in [-0.2, 0) is 20.5 Å². The number of rotatable bonds is 5. The van der Waals surface area contributed by atoms with E-state index >= 15 is 0 Å². The largest absolute Gasteiger partial charge is 0.378 e. The Bertz CT molecular complexity index is 879. The molecule has 3 heterocycles. The number of aromatic nitrogens is 2. The molecule has 0 unspecified atom stereocenters. The van der Waals surface area contributed by atoms with Crippen LogP contribution in [0, 0.1) is 0 Å². The maximum absolute atomic E-state index is 12.7. The molecule has 2 saturated heterocycles. The molecular formula is C19H25N5O3S. The Morgan fingerprint density at radius 2 is 1.64 bits per heavy atom. The summed E-state index contributed by atoms with van der Waals surface area (Å²) in [6, 6.07) is 11.4. The Morgan fingerprint density at radius 1 is 0.929 bits per heavy atom. The summed E-state index contributed by atoms with van der Waals surface area (Å²) in [5.74, 6) is 0.895. The van der Waals surface area contributed by atoms with Gasteiger partial charge in [0.25, 0.3) is 0 Å². The molecule has 0 aliphatic carbocycles. The molecule has 0 N–H and O–H groups in total. The van der Waals surface area contributed by atoms with Gasteiger partial charge in [0.2, 0.25) is 10.0 Å². The van der Waals surface area contributed by atoms with Crippen molar-refractivity contribution in [3.8, 4) is 0 Å². The van der Waals surface area contributed by atoms with Gasteiger partial charge in [-0.05, 0) is 5.56 Å². The van der Waals surface area contributed by atoms with Crippen LogP contribution in [0.25, 0.3) is 0 Å². The van der Waals surface area contributed by atoms with E-state index < -0.39 is 10.0 Å². The van der Waals surface area contributed by atoms with E-state index in [2.05, 4.69) is 20.0 Å². The molecule has 2 aliphatic rings. The lowest BCUT2D eigenvalue weighted by Crippen LogP contribution is -2.49. The second-order valence-corrected chi connectivity index (χ2v) is 8.97. The minimum Gasteiger partial charge on any atom is -0.378 e. The Labute approximate surface area is 165 Å². The molecule has 0 saturated carbocycles. The van der Waals surface area contributed by atoms with Crippen molar-refractivity contribution >= 4 is 21.5 Å². The second kappa shape index (κ2) is 8.42. The number of hydrogen-bond acceptors (Lipinski definition) is 7. The highest BCUT2D eigenvalue weighted by molar-refractivity contribution is 7.88. The van der Waals surface area contributed by atoms with E-state index in [4.69, 9.17) is 4.74 Å². The third kappa shape index (κ3) is 4.43. The fourth-order valence-electron chi connectivity index (χ4n) is 3.57. The first kappa shape index (κ1) is 19.1. The van der Waals surface area contributed by atoms with Crippen LogP contribution in [0.3, 0.4) is 0 Å². The average molecular weight is 404 g/mol. The highest BCUT2D eigenvalue weighted by Gasteiger charge is 2.27. The monoisotopic (exact) mass is 403 g/mol. The molecule has 9 heteroatoms. The lowest BCUT2D eigenvalue weighted by atomic mass is 10.2. The number of piperazine rings is 1. The molecule has 28 heavy (non-hydrogen) atoms. The number of anilines is 2. The summed E-state index contributed by atoms with van der Waals surface area (Å²) in [5, 5.41) is 8.40. The molecule has 4 rings (SSSR count). The molecule has 8 nitrogen and oxygen atoms in total. The zero-order valence-electron chi connectivity index (χ0n) is 15.8. The van der Waals surface area contributed by atoms with Gasteiger partial charge in [-0.25, -0.2) is 8.42 Å². The fourth-order valence-corrected chi connectivity index (χ4v) is 5.08. The van der Waals surface area contributed by atoms with Gasteiger partial charge >= 0.3 is 0 Å². The summed E-state index contributed by atoms with van der Waals surface area (Å²) in [7, 11) is -3.31. The summed E-state index contributed by atoms with van der Waals surface area (Å²) in [4.78, 5) is 4.34. The van der Waals surface area contributed by atoms with Gasteiger partial charge in [-0.3, -0.25) is 0 Å². The molecule has 0 spiro atoms. The molecule has 1 aromatic carbocycles. The molecule has 150 valence electrons.